The molecule has 82 valence electrons. The number of nitrogens with two attached hydrogens (primary N) is 1. The van der Waals surface area contributed by atoms with E-state index in [1.165, 1.54) is 19.3 Å². The van der Waals surface area contributed by atoms with E-state index in [1.807, 2.05) is 24.3 Å². The average molecular weight is 225 g/mol. The minimum absolute atomic E-state index is 0.198. The molecule has 0 aliphatic heterocycles. The van der Waals surface area contributed by atoms with E-state index in [0.717, 1.165) is 10.6 Å². The maximum absolute atomic E-state index is 6.15. The van der Waals surface area contributed by atoms with Crippen molar-refractivity contribution >= 4 is 11.6 Å². The molecule has 2 nitrogen and oxygen atoms in total. The summed E-state index contributed by atoms with van der Waals surface area (Å²) in [4.78, 5) is 0. The van der Waals surface area contributed by atoms with Crippen molar-refractivity contribution in [2.75, 3.05) is 6.54 Å². The fourth-order valence-electron chi connectivity index (χ4n) is 1.90. The first-order valence-electron chi connectivity index (χ1n) is 5.52. The lowest BCUT2D eigenvalue weighted by molar-refractivity contribution is 0.307. The third kappa shape index (κ3) is 2.51. The molecule has 0 bridgehead atoms. The van der Waals surface area contributed by atoms with Crippen LogP contribution in [0, 0.1) is 0 Å². The number of hydrogen-bond acceptors (Lipinski definition) is 2. The molecule has 0 heterocycles. The minimum Gasteiger partial charge on any atom is -0.329 e. The Kier molecular flexibility index (Phi) is 3.62. The van der Waals surface area contributed by atoms with Crippen molar-refractivity contribution in [2.45, 2.75) is 31.3 Å². The summed E-state index contributed by atoms with van der Waals surface area (Å²) in [7, 11) is 0. The summed E-state index contributed by atoms with van der Waals surface area (Å²) < 4.78 is 0. The van der Waals surface area contributed by atoms with E-state index < -0.39 is 0 Å². The van der Waals surface area contributed by atoms with Gasteiger partial charge in [0.15, 0.2) is 0 Å². The maximum atomic E-state index is 6.15. The Labute approximate surface area is 95.8 Å². The van der Waals surface area contributed by atoms with Gasteiger partial charge in [0.05, 0.1) is 0 Å². The van der Waals surface area contributed by atoms with Crippen LogP contribution in [0.3, 0.4) is 0 Å². The largest absolute Gasteiger partial charge is 0.329 e. The minimum atomic E-state index is 0.198. The summed E-state index contributed by atoms with van der Waals surface area (Å²) in [5, 5.41) is 4.36. The topological polar surface area (TPSA) is 38.0 Å². The number of halogens is 1. The Balaban J connectivity index is 2.07. The summed E-state index contributed by atoms with van der Waals surface area (Å²) in [5.41, 5.74) is 6.90. The Bertz CT molecular complexity index is 323. The maximum Gasteiger partial charge on any atom is 0.0461 e. The van der Waals surface area contributed by atoms with E-state index in [9.17, 15) is 0 Å². The number of benzene rings is 1. The molecule has 3 N–H and O–H groups in total. The van der Waals surface area contributed by atoms with Gasteiger partial charge in [0.2, 0.25) is 0 Å². The Morgan fingerprint density at radius 1 is 1.40 bits per heavy atom. The first kappa shape index (κ1) is 10.9. The van der Waals surface area contributed by atoms with Crippen molar-refractivity contribution in [3.05, 3.63) is 34.9 Å². The molecule has 0 saturated heterocycles. The van der Waals surface area contributed by atoms with Gasteiger partial charge < -0.3 is 11.1 Å². The summed E-state index contributed by atoms with van der Waals surface area (Å²) >= 11 is 6.15. The molecule has 2 rings (SSSR count). The zero-order chi connectivity index (χ0) is 10.7. The molecular formula is C12H17ClN2. The third-order valence-corrected chi connectivity index (χ3v) is 3.40. The predicted molar refractivity (Wildman–Crippen MR) is 64.0 cm³/mol. The monoisotopic (exact) mass is 224 g/mol. The van der Waals surface area contributed by atoms with Crippen LogP contribution >= 0.6 is 11.6 Å². The van der Waals surface area contributed by atoms with Crippen molar-refractivity contribution < 1.29 is 0 Å². The fraction of sp³-hybridized carbons (Fsp3) is 0.500. The van der Waals surface area contributed by atoms with E-state index in [0.29, 0.717) is 12.6 Å². The fourth-order valence-corrected chi connectivity index (χ4v) is 2.17. The number of hydrogen-bond donors (Lipinski definition) is 2. The van der Waals surface area contributed by atoms with Crippen LogP contribution in [-0.4, -0.2) is 12.6 Å². The molecule has 1 fully saturated rings. The Morgan fingerprint density at radius 2 is 2.13 bits per heavy atom. The molecular weight excluding hydrogens is 208 g/mol. The van der Waals surface area contributed by atoms with Crippen LogP contribution in [0.25, 0.3) is 0 Å². The van der Waals surface area contributed by atoms with Gasteiger partial charge >= 0.3 is 0 Å². The van der Waals surface area contributed by atoms with Crippen LogP contribution in [0.5, 0.6) is 0 Å². The summed E-state index contributed by atoms with van der Waals surface area (Å²) in [6, 6.07) is 8.75. The average Bonchev–Trinajstić information content (AvgIpc) is 2.19. The quantitative estimate of drug-likeness (QED) is 0.825. The molecule has 0 aromatic heterocycles. The highest BCUT2D eigenvalue weighted by molar-refractivity contribution is 6.31. The number of rotatable bonds is 4. The molecule has 0 amide bonds. The van der Waals surface area contributed by atoms with Crippen LogP contribution in [-0.2, 0) is 0 Å². The Hall–Kier alpha value is -0.570. The van der Waals surface area contributed by atoms with Crippen LogP contribution in [0.15, 0.2) is 24.3 Å². The summed E-state index contributed by atoms with van der Waals surface area (Å²) in [5.74, 6) is 0. The summed E-state index contributed by atoms with van der Waals surface area (Å²) in [6.45, 7) is 0.597. The highest BCUT2D eigenvalue weighted by Crippen LogP contribution is 2.26. The van der Waals surface area contributed by atoms with Crippen LogP contribution in [0.1, 0.15) is 30.9 Å². The van der Waals surface area contributed by atoms with E-state index >= 15 is 0 Å². The van der Waals surface area contributed by atoms with Crippen LogP contribution in [0.2, 0.25) is 5.02 Å². The number of nitrogens with one attached hydrogen (secondary N) is 1. The molecule has 1 saturated carbocycles. The van der Waals surface area contributed by atoms with Crippen LogP contribution < -0.4 is 11.1 Å². The second-order valence-electron chi connectivity index (χ2n) is 4.10. The van der Waals surface area contributed by atoms with Gasteiger partial charge in [0.1, 0.15) is 0 Å². The third-order valence-electron chi connectivity index (χ3n) is 3.06. The SMILES string of the molecule is NCC(NC1CCC1)c1ccccc1Cl. The van der Waals surface area contributed by atoms with Crippen molar-refractivity contribution in [1.82, 2.24) is 5.32 Å². The highest BCUT2D eigenvalue weighted by Gasteiger charge is 2.22. The lowest BCUT2D eigenvalue weighted by Crippen LogP contribution is -2.40. The first-order chi connectivity index (χ1) is 7.31. The molecule has 0 spiro atoms. The molecule has 0 radical (unpaired) electrons. The molecule has 15 heavy (non-hydrogen) atoms. The molecule has 1 aromatic rings. The second kappa shape index (κ2) is 4.97. The van der Waals surface area contributed by atoms with Gasteiger partial charge in [0, 0.05) is 23.7 Å². The van der Waals surface area contributed by atoms with Crippen LogP contribution in [0.4, 0.5) is 0 Å². The molecule has 1 atom stereocenters. The van der Waals surface area contributed by atoms with E-state index in [1.54, 1.807) is 0 Å². The van der Waals surface area contributed by atoms with Crippen molar-refractivity contribution in [3.63, 3.8) is 0 Å². The van der Waals surface area contributed by atoms with Gasteiger partial charge in [-0.05, 0) is 24.5 Å². The second-order valence-corrected chi connectivity index (χ2v) is 4.51. The predicted octanol–water partition coefficient (Wildman–Crippen LogP) is 2.48. The van der Waals surface area contributed by atoms with Gasteiger partial charge in [-0.1, -0.05) is 36.2 Å². The molecule has 1 aliphatic carbocycles. The van der Waals surface area contributed by atoms with Crippen molar-refractivity contribution in [1.29, 1.82) is 0 Å². The van der Waals surface area contributed by atoms with E-state index in [2.05, 4.69) is 5.32 Å². The summed E-state index contributed by atoms with van der Waals surface area (Å²) in [6.07, 6.45) is 3.86. The van der Waals surface area contributed by atoms with Gasteiger partial charge in [-0.25, -0.2) is 0 Å². The van der Waals surface area contributed by atoms with Gasteiger partial charge in [-0.3, -0.25) is 0 Å². The normalized spacial score (nSPS) is 18.5. The van der Waals surface area contributed by atoms with Crippen molar-refractivity contribution in [2.24, 2.45) is 5.73 Å². The molecule has 1 aliphatic rings. The zero-order valence-electron chi connectivity index (χ0n) is 8.75. The smallest absolute Gasteiger partial charge is 0.0461 e. The van der Waals surface area contributed by atoms with E-state index in [4.69, 9.17) is 17.3 Å². The lowest BCUT2D eigenvalue weighted by Gasteiger charge is -2.31. The van der Waals surface area contributed by atoms with Gasteiger partial charge in [0.25, 0.3) is 0 Å². The lowest BCUT2D eigenvalue weighted by atomic mass is 9.91. The highest BCUT2D eigenvalue weighted by atomic mass is 35.5. The van der Waals surface area contributed by atoms with Crippen molar-refractivity contribution in [3.8, 4) is 0 Å². The molecule has 3 heteroatoms. The molecule has 1 aromatic carbocycles. The molecule has 1 unspecified atom stereocenters. The van der Waals surface area contributed by atoms with Gasteiger partial charge in [-0.2, -0.15) is 0 Å². The van der Waals surface area contributed by atoms with E-state index in [-0.39, 0.29) is 6.04 Å². The Morgan fingerprint density at radius 3 is 2.67 bits per heavy atom. The zero-order valence-corrected chi connectivity index (χ0v) is 9.50. The standard InChI is InChI=1S/C12H17ClN2/c13-11-7-2-1-6-10(11)12(8-14)15-9-4-3-5-9/h1-2,6-7,9,12,15H,3-5,8,14H2. The first-order valence-corrected chi connectivity index (χ1v) is 5.89. The van der Waals surface area contributed by atoms with Gasteiger partial charge in [-0.15, -0.1) is 0 Å².